The number of piperazine rings is 1. The van der Waals surface area contributed by atoms with Gasteiger partial charge in [0.25, 0.3) is 0 Å². The summed E-state index contributed by atoms with van der Waals surface area (Å²) in [6.07, 6.45) is 3.13. The van der Waals surface area contributed by atoms with Gasteiger partial charge in [-0.3, -0.25) is 14.4 Å². The largest absolute Gasteiger partial charge is 0.486 e. The lowest BCUT2D eigenvalue weighted by atomic mass is 10.1. The molecule has 1 saturated heterocycles. The Bertz CT molecular complexity index is 832. The van der Waals surface area contributed by atoms with Crippen LogP contribution in [-0.2, 0) is 14.4 Å². The smallest absolute Gasteiger partial charge is 0.312 e. The summed E-state index contributed by atoms with van der Waals surface area (Å²) < 4.78 is 11.0. The second-order valence-corrected chi connectivity index (χ2v) is 7.51. The molecule has 2 aliphatic rings. The van der Waals surface area contributed by atoms with Gasteiger partial charge in [-0.2, -0.15) is 0 Å². The Morgan fingerprint density at radius 3 is 2.41 bits per heavy atom. The molecule has 0 spiro atoms. The molecule has 0 radical (unpaired) electrons. The number of nitrogens with one attached hydrogen (secondary N) is 1. The van der Waals surface area contributed by atoms with Gasteiger partial charge in [0.1, 0.15) is 13.2 Å². The quantitative estimate of drug-likeness (QED) is 0.587. The molecule has 8 nitrogen and oxygen atoms in total. The molecule has 29 heavy (non-hydrogen) atoms. The van der Waals surface area contributed by atoms with Gasteiger partial charge in [-0.25, -0.2) is 0 Å². The molecule has 1 aromatic carbocycles. The molecule has 9 heteroatoms. The number of amides is 3. The van der Waals surface area contributed by atoms with Crippen LogP contribution in [0.15, 0.2) is 18.2 Å². The molecule has 2 heterocycles. The lowest BCUT2D eigenvalue weighted by molar-refractivity contribution is -0.148. The van der Waals surface area contributed by atoms with Crippen molar-refractivity contribution >= 4 is 35.4 Å². The highest BCUT2D eigenvalue weighted by molar-refractivity contribution is 6.35. The van der Waals surface area contributed by atoms with Crippen molar-refractivity contribution in [3.05, 3.63) is 28.8 Å². The third-order valence-corrected chi connectivity index (χ3v) is 4.81. The molecular weight excluding hydrogens is 398 g/mol. The van der Waals surface area contributed by atoms with Gasteiger partial charge in [-0.05, 0) is 37.6 Å². The molecule has 3 amide bonds. The first-order valence-electron chi connectivity index (χ1n) is 9.51. The maximum Gasteiger partial charge on any atom is 0.312 e. The number of ether oxygens (including phenoxy) is 2. The zero-order chi connectivity index (χ0) is 21.0. The fourth-order valence-electron chi connectivity index (χ4n) is 3.10. The van der Waals surface area contributed by atoms with E-state index < -0.39 is 11.8 Å². The van der Waals surface area contributed by atoms with Crippen LogP contribution >= 0.6 is 11.6 Å². The van der Waals surface area contributed by atoms with E-state index in [1.165, 1.54) is 11.0 Å². The number of carbonyl (C=O) groups is 3. The number of rotatable bonds is 3. The Labute approximate surface area is 174 Å². The molecule has 0 bridgehead atoms. The third-order valence-electron chi connectivity index (χ3n) is 4.53. The summed E-state index contributed by atoms with van der Waals surface area (Å²) in [7, 11) is 0. The minimum Gasteiger partial charge on any atom is -0.486 e. The van der Waals surface area contributed by atoms with Crippen molar-refractivity contribution in [2.24, 2.45) is 0 Å². The second kappa shape index (κ2) is 9.17. The van der Waals surface area contributed by atoms with E-state index in [1.54, 1.807) is 37.0 Å². The van der Waals surface area contributed by atoms with Gasteiger partial charge in [-0.1, -0.05) is 11.6 Å². The van der Waals surface area contributed by atoms with Crippen molar-refractivity contribution in [3.8, 4) is 11.5 Å². The van der Waals surface area contributed by atoms with Gasteiger partial charge >= 0.3 is 11.8 Å². The monoisotopic (exact) mass is 421 g/mol. The first-order valence-corrected chi connectivity index (χ1v) is 9.89. The van der Waals surface area contributed by atoms with E-state index in [0.29, 0.717) is 55.9 Å². The average molecular weight is 422 g/mol. The Hall–Kier alpha value is -2.74. The number of hydrogen-bond acceptors (Lipinski definition) is 5. The van der Waals surface area contributed by atoms with Gasteiger partial charge in [0.15, 0.2) is 11.5 Å². The zero-order valence-electron chi connectivity index (χ0n) is 16.4. The molecular formula is C20H24ClN3O5. The summed E-state index contributed by atoms with van der Waals surface area (Å²) in [5.74, 6) is -0.275. The van der Waals surface area contributed by atoms with Crippen LogP contribution in [-0.4, -0.2) is 73.0 Å². The third kappa shape index (κ3) is 5.20. The van der Waals surface area contributed by atoms with Crippen molar-refractivity contribution in [2.45, 2.75) is 19.9 Å². The molecule has 1 N–H and O–H groups in total. The Morgan fingerprint density at radius 2 is 1.72 bits per heavy atom. The van der Waals surface area contributed by atoms with E-state index in [0.717, 1.165) is 5.56 Å². The van der Waals surface area contributed by atoms with Crippen molar-refractivity contribution < 1.29 is 23.9 Å². The van der Waals surface area contributed by atoms with Crippen LogP contribution in [0.5, 0.6) is 11.5 Å². The van der Waals surface area contributed by atoms with E-state index in [4.69, 9.17) is 21.1 Å². The second-order valence-electron chi connectivity index (χ2n) is 7.11. The minimum atomic E-state index is -0.616. The summed E-state index contributed by atoms with van der Waals surface area (Å²) in [5, 5.41) is 3.02. The standard InChI is InChI=1S/C20H24ClN3O5/c1-13(2)22-19(26)20(27)24-7-5-23(6-8-24)17(25)4-3-14-11-15(21)18-16(12-14)28-9-10-29-18/h3-4,11-13H,5-10H2,1-2H3,(H,22,26). The fraction of sp³-hybridized carbons (Fsp3) is 0.450. The number of halogens is 1. The van der Waals surface area contributed by atoms with E-state index in [-0.39, 0.29) is 11.9 Å². The van der Waals surface area contributed by atoms with Gasteiger partial charge in [0.2, 0.25) is 5.91 Å². The van der Waals surface area contributed by atoms with Crippen molar-refractivity contribution in [3.63, 3.8) is 0 Å². The lowest BCUT2D eigenvalue weighted by Gasteiger charge is -2.34. The van der Waals surface area contributed by atoms with E-state index in [2.05, 4.69) is 5.32 Å². The predicted octanol–water partition coefficient (Wildman–Crippen LogP) is 1.32. The van der Waals surface area contributed by atoms with E-state index >= 15 is 0 Å². The highest BCUT2D eigenvalue weighted by atomic mass is 35.5. The van der Waals surface area contributed by atoms with E-state index in [1.807, 2.05) is 0 Å². The highest BCUT2D eigenvalue weighted by Gasteiger charge is 2.27. The number of hydrogen-bond donors (Lipinski definition) is 1. The highest BCUT2D eigenvalue weighted by Crippen LogP contribution is 2.38. The molecule has 0 aromatic heterocycles. The lowest BCUT2D eigenvalue weighted by Crippen LogP contribution is -2.54. The van der Waals surface area contributed by atoms with Crippen molar-refractivity contribution in [1.82, 2.24) is 15.1 Å². The average Bonchev–Trinajstić information content (AvgIpc) is 2.71. The van der Waals surface area contributed by atoms with E-state index in [9.17, 15) is 14.4 Å². The number of nitrogens with zero attached hydrogens (tertiary/aromatic N) is 2. The molecule has 0 atom stereocenters. The molecule has 3 rings (SSSR count). The summed E-state index contributed by atoms with van der Waals surface area (Å²) in [6.45, 7) is 5.87. The first-order chi connectivity index (χ1) is 13.8. The summed E-state index contributed by atoms with van der Waals surface area (Å²) in [5.41, 5.74) is 0.728. The zero-order valence-corrected chi connectivity index (χ0v) is 17.2. The molecule has 1 fully saturated rings. The number of benzene rings is 1. The van der Waals surface area contributed by atoms with Gasteiger partial charge in [-0.15, -0.1) is 0 Å². The fourth-order valence-corrected chi connectivity index (χ4v) is 3.37. The van der Waals surface area contributed by atoms with Crippen LogP contribution in [0, 0.1) is 0 Å². The van der Waals surface area contributed by atoms with Crippen LogP contribution in [0.3, 0.4) is 0 Å². The number of carbonyl (C=O) groups excluding carboxylic acids is 3. The maximum atomic E-state index is 12.5. The van der Waals surface area contributed by atoms with Gasteiger partial charge in [0, 0.05) is 38.3 Å². The molecule has 2 aliphatic heterocycles. The van der Waals surface area contributed by atoms with Crippen LogP contribution in [0.25, 0.3) is 6.08 Å². The molecule has 0 unspecified atom stereocenters. The van der Waals surface area contributed by atoms with Gasteiger partial charge in [0.05, 0.1) is 5.02 Å². The normalized spacial score (nSPS) is 16.3. The Balaban J connectivity index is 1.55. The molecule has 1 aromatic rings. The predicted molar refractivity (Wildman–Crippen MR) is 108 cm³/mol. The SMILES string of the molecule is CC(C)NC(=O)C(=O)N1CCN(C(=O)C=Cc2cc(Cl)c3c(c2)OCCO3)CC1. The van der Waals surface area contributed by atoms with Crippen LogP contribution in [0.1, 0.15) is 19.4 Å². The van der Waals surface area contributed by atoms with Crippen molar-refractivity contribution in [2.75, 3.05) is 39.4 Å². The minimum absolute atomic E-state index is 0.103. The maximum absolute atomic E-state index is 12.5. The van der Waals surface area contributed by atoms with Crippen LogP contribution in [0.4, 0.5) is 0 Å². The van der Waals surface area contributed by atoms with Crippen LogP contribution in [0.2, 0.25) is 5.02 Å². The Kier molecular flexibility index (Phi) is 6.64. The topological polar surface area (TPSA) is 88.2 Å². The van der Waals surface area contributed by atoms with Gasteiger partial charge < -0.3 is 24.6 Å². The Morgan fingerprint density at radius 1 is 1.07 bits per heavy atom. The summed E-state index contributed by atoms with van der Waals surface area (Å²) >= 11 is 6.21. The molecule has 0 aliphatic carbocycles. The first kappa shape index (κ1) is 21.0. The summed E-state index contributed by atoms with van der Waals surface area (Å²) in [6, 6.07) is 3.38. The molecule has 0 saturated carbocycles. The molecule has 156 valence electrons. The number of fused-ring (bicyclic) bond motifs is 1. The summed E-state index contributed by atoms with van der Waals surface area (Å²) in [4.78, 5) is 39.5. The van der Waals surface area contributed by atoms with Crippen molar-refractivity contribution in [1.29, 1.82) is 0 Å². The van der Waals surface area contributed by atoms with Crippen LogP contribution < -0.4 is 14.8 Å².